The van der Waals surface area contributed by atoms with E-state index in [0.717, 1.165) is 4.47 Å². The number of halogens is 2. The van der Waals surface area contributed by atoms with Crippen LogP contribution in [0.4, 0.5) is 11.4 Å². The van der Waals surface area contributed by atoms with Crippen molar-refractivity contribution in [2.45, 2.75) is 6.42 Å². The summed E-state index contributed by atoms with van der Waals surface area (Å²) in [5, 5.41) is 3.02. The van der Waals surface area contributed by atoms with E-state index in [-0.39, 0.29) is 16.3 Å². The first-order valence-corrected chi connectivity index (χ1v) is 10.0. The summed E-state index contributed by atoms with van der Waals surface area (Å²) in [5.74, 6) is -0.272. The van der Waals surface area contributed by atoms with Crippen LogP contribution in [0.3, 0.4) is 0 Å². The van der Waals surface area contributed by atoms with Crippen LogP contribution in [0.1, 0.15) is 16.8 Å². The Morgan fingerprint density at radius 3 is 2.67 bits per heavy atom. The molecule has 24 heavy (non-hydrogen) atoms. The van der Waals surface area contributed by atoms with Gasteiger partial charge in [0.2, 0.25) is 10.0 Å². The number of anilines is 2. The quantitative estimate of drug-likeness (QED) is 0.805. The maximum absolute atomic E-state index is 12.5. The van der Waals surface area contributed by atoms with Gasteiger partial charge in [-0.25, -0.2) is 8.42 Å². The van der Waals surface area contributed by atoms with Gasteiger partial charge >= 0.3 is 0 Å². The molecule has 0 saturated carbocycles. The predicted octanol–water partition coefficient (Wildman–Crippen LogP) is 3.89. The molecule has 126 valence electrons. The first-order valence-electron chi connectivity index (χ1n) is 7.24. The average molecular weight is 430 g/mol. The molecule has 1 fully saturated rings. The minimum absolute atomic E-state index is 0.120. The number of hydrogen-bond donors (Lipinski definition) is 1. The van der Waals surface area contributed by atoms with Crippen molar-refractivity contribution in [2.24, 2.45) is 0 Å². The van der Waals surface area contributed by atoms with E-state index in [2.05, 4.69) is 21.2 Å². The summed E-state index contributed by atoms with van der Waals surface area (Å²) in [6.07, 6.45) is 0.574. The fraction of sp³-hybridized carbons (Fsp3) is 0.188. The average Bonchev–Trinajstić information content (AvgIpc) is 2.87. The van der Waals surface area contributed by atoms with E-state index in [9.17, 15) is 13.2 Å². The topological polar surface area (TPSA) is 66.5 Å². The molecular weight excluding hydrogens is 416 g/mol. The summed E-state index contributed by atoms with van der Waals surface area (Å²) in [5.41, 5.74) is 1.30. The van der Waals surface area contributed by atoms with Crippen LogP contribution in [0.25, 0.3) is 0 Å². The Balaban J connectivity index is 1.90. The molecule has 0 unspecified atom stereocenters. The van der Waals surface area contributed by atoms with Crippen molar-refractivity contribution in [3.63, 3.8) is 0 Å². The summed E-state index contributed by atoms with van der Waals surface area (Å²) in [7, 11) is -3.31. The first kappa shape index (κ1) is 17.3. The van der Waals surface area contributed by atoms with Gasteiger partial charge in [0.05, 0.1) is 22.0 Å². The van der Waals surface area contributed by atoms with E-state index in [1.807, 2.05) is 6.07 Å². The third kappa shape index (κ3) is 3.58. The molecule has 0 spiro atoms. The third-order valence-corrected chi connectivity index (χ3v) is 6.36. The van der Waals surface area contributed by atoms with E-state index in [4.69, 9.17) is 11.6 Å². The molecule has 0 aliphatic carbocycles. The molecule has 2 aromatic rings. The second-order valence-corrected chi connectivity index (χ2v) is 8.71. The summed E-state index contributed by atoms with van der Waals surface area (Å²) in [4.78, 5) is 12.5. The highest BCUT2D eigenvalue weighted by Crippen LogP contribution is 2.29. The summed E-state index contributed by atoms with van der Waals surface area (Å²) in [6.45, 7) is 0.413. The molecule has 5 nitrogen and oxygen atoms in total. The van der Waals surface area contributed by atoms with Crippen molar-refractivity contribution in [3.8, 4) is 0 Å². The van der Waals surface area contributed by atoms with Crippen molar-refractivity contribution >= 4 is 54.8 Å². The van der Waals surface area contributed by atoms with Crippen molar-refractivity contribution in [1.82, 2.24) is 0 Å². The van der Waals surface area contributed by atoms with E-state index in [1.165, 1.54) is 10.4 Å². The second-order valence-electron chi connectivity index (χ2n) is 5.37. The Bertz CT molecular complexity index is 902. The molecule has 1 aliphatic heterocycles. The van der Waals surface area contributed by atoms with Crippen molar-refractivity contribution in [3.05, 3.63) is 57.5 Å². The maximum Gasteiger partial charge on any atom is 0.257 e. The molecule has 1 aliphatic rings. The zero-order chi connectivity index (χ0) is 17.3. The van der Waals surface area contributed by atoms with Crippen LogP contribution >= 0.6 is 27.5 Å². The van der Waals surface area contributed by atoms with Gasteiger partial charge in [-0.1, -0.05) is 33.6 Å². The molecule has 0 aromatic heterocycles. The summed E-state index contributed by atoms with van der Waals surface area (Å²) < 4.78 is 26.2. The fourth-order valence-corrected chi connectivity index (χ4v) is 4.70. The standard InChI is InChI=1S/C16H14BrClN2O3S/c17-11-3-1-4-12(9-11)19-16(21)14-10-13(5-6-15(14)18)20-7-2-8-24(20,22)23/h1,3-6,9-10H,2,7-8H2,(H,19,21). The zero-order valence-corrected chi connectivity index (χ0v) is 15.7. The van der Waals surface area contributed by atoms with Gasteiger partial charge in [-0.2, -0.15) is 0 Å². The Hall–Kier alpha value is -1.57. The maximum atomic E-state index is 12.5. The number of sulfonamides is 1. The first-order chi connectivity index (χ1) is 11.4. The minimum Gasteiger partial charge on any atom is -0.322 e. The molecule has 8 heteroatoms. The van der Waals surface area contributed by atoms with Gasteiger partial charge < -0.3 is 5.32 Å². The monoisotopic (exact) mass is 428 g/mol. The van der Waals surface area contributed by atoms with Crippen LogP contribution in [-0.4, -0.2) is 26.6 Å². The molecule has 1 N–H and O–H groups in total. The zero-order valence-electron chi connectivity index (χ0n) is 12.5. The number of carbonyl (C=O) groups excluding carboxylic acids is 1. The van der Waals surface area contributed by atoms with Gasteiger partial charge in [0.1, 0.15) is 0 Å². The van der Waals surface area contributed by atoms with Crippen LogP contribution in [0.2, 0.25) is 5.02 Å². The molecular formula is C16H14BrClN2O3S. The lowest BCUT2D eigenvalue weighted by molar-refractivity contribution is 0.102. The molecule has 0 atom stereocenters. The van der Waals surface area contributed by atoms with Crippen molar-refractivity contribution in [2.75, 3.05) is 21.9 Å². The van der Waals surface area contributed by atoms with Gasteiger partial charge in [-0.15, -0.1) is 0 Å². The highest BCUT2D eigenvalue weighted by Gasteiger charge is 2.29. The van der Waals surface area contributed by atoms with Gasteiger partial charge in [0.15, 0.2) is 0 Å². The van der Waals surface area contributed by atoms with Crippen LogP contribution in [-0.2, 0) is 10.0 Å². The normalized spacial score (nSPS) is 16.2. The lowest BCUT2D eigenvalue weighted by atomic mass is 10.1. The molecule has 1 heterocycles. The molecule has 3 rings (SSSR count). The summed E-state index contributed by atoms with van der Waals surface area (Å²) in [6, 6.07) is 11.8. The van der Waals surface area contributed by atoms with Crippen molar-refractivity contribution < 1.29 is 13.2 Å². The number of amides is 1. The van der Waals surface area contributed by atoms with Crippen LogP contribution in [0, 0.1) is 0 Å². The number of carbonyl (C=O) groups is 1. The number of rotatable bonds is 3. The predicted molar refractivity (Wildman–Crippen MR) is 99.3 cm³/mol. The van der Waals surface area contributed by atoms with E-state index in [0.29, 0.717) is 24.3 Å². The molecule has 1 amide bonds. The highest BCUT2D eigenvalue weighted by molar-refractivity contribution is 9.10. The smallest absolute Gasteiger partial charge is 0.257 e. The minimum atomic E-state index is -3.31. The Morgan fingerprint density at radius 1 is 1.21 bits per heavy atom. The van der Waals surface area contributed by atoms with E-state index < -0.39 is 15.9 Å². The van der Waals surface area contributed by atoms with Crippen molar-refractivity contribution in [1.29, 1.82) is 0 Å². The SMILES string of the molecule is O=C(Nc1cccc(Br)c1)c1cc(N2CCCS2(=O)=O)ccc1Cl. The number of benzene rings is 2. The lowest BCUT2D eigenvalue weighted by Gasteiger charge is -2.18. The second kappa shape index (κ2) is 6.74. The van der Waals surface area contributed by atoms with E-state index in [1.54, 1.807) is 30.3 Å². The lowest BCUT2D eigenvalue weighted by Crippen LogP contribution is -2.25. The largest absolute Gasteiger partial charge is 0.322 e. The molecule has 1 saturated heterocycles. The summed E-state index contributed by atoms with van der Waals surface area (Å²) >= 11 is 9.47. The fourth-order valence-electron chi connectivity index (χ4n) is 2.54. The third-order valence-electron chi connectivity index (χ3n) is 3.66. The van der Waals surface area contributed by atoms with Crippen LogP contribution in [0.15, 0.2) is 46.9 Å². The molecule has 2 aromatic carbocycles. The Kier molecular flexibility index (Phi) is 4.85. The number of nitrogens with one attached hydrogen (secondary N) is 1. The van der Waals surface area contributed by atoms with Crippen LogP contribution < -0.4 is 9.62 Å². The molecule has 0 radical (unpaired) electrons. The van der Waals surface area contributed by atoms with Gasteiger partial charge in [0, 0.05) is 16.7 Å². The molecule has 0 bridgehead atoms. The van der Waals surface area contributed by atoms with Gasteiger partial charge in [-0.05, 0) is 42.8 Å². The Labute approximate surface area is 153 Å². The van der Waals surface area contributed by atoms with E-state index >= 15 is 0 Å². The Morgan fingerprint density at radius 2 is 2.00 bits per heavy atom. The van der Waals surface area contributed by atoms with Crippen LogP contribution in [0.5, 0.6) is 0 Å². The number of hydrogen-bond acceptors (Lipinski definition) is 3. The van der Waals surface area contributed by atoms with Gasteiger partial charge in [-0.3, -0.25) is 9.10 Å². The number of nitrogens with zero attached hydrogens (tertiary/aromatic N) is 1. The van der Waals surface area contributed by atoms with Gasteiger partial charge in [0.25, 0.3) is 5.91 Å². The highest BCUT2D eigenvalue weighted by atomic mass is 79.9.